The number of likely N-dealkylation sites (tertiary alicyclic amines) is 1. The van der Waals surface area contributed by atoms with Crippen molar-refractivity contribution >= 4 is 51.4 Å². The number of amides is 1. The number of halogens is 1. The van der Waals surface area contributed by atoms with E-state index >= 15 is 0 Å². The third kappa shape index (κ3) is 5.49. The van der Waals surface area contributed by atoms with E-state index in [0.29, 0.717) is 17.5 Å². The number of rotatable bonds is 7. The summed E-state index contributed by atoms with van der Waals surface area (Å²) in [7, 11) is -3.58. The molecule has 0 unspecified atom stereocenters. The van der Waals surface area contributed by atoms with Crippen molar-refractivity contribution in [2.75, 3.05) is 42.1 Å². The first kappa shape index (κ1) is 26.4. The molecule has 0 spiro atoms. The van der Waals surface area contributed by atoms with E-state index < -0.39 is 10.0 Å². The highest BCUT2D eigenvalue weighted by Crippen LogP contribution is 2.34. The van der Waals surface area contributed by atoms with Gasteiger partial charge >= 0.3 is 0 Å². The minimum atomic E-state index is -3.58. The normalized spacial score (nSPS) is 20.2. The maximum atomic E-state index is 13.8. The number of piperidine rings is 1. The van der Waals surface area contributed by atoms with Crippen molar-refractivity contribution in [2.45, 2.75) is 38.6 Å². The molecule has 12 heteroatoms. The molecule has 38 heavy (non-hydrogen) atoms. The molecular weight excluding hydrogens is 526 g/mol. The standard InChI is InChI=1S/C26H32ClN7O3S/c1-17-15-34-24(29-25(17)32-11-9-18(16-32)14-28-2)13-22(30-34)23-6-4-5-10-33(23)26(35)20-12-19(27)7-8-21(20)31-38(3,36)37/h7-8,12-13,15,18,23,31H,2,4-6,9-11,14,16H2,1,3H3/t18-,23+/m1/s1. The van der Waals surface area contributed by atoms with Gasteiger partial charge in [0.05, 0.1) is 29.2 Å². The number of sulfonamides is 1. The Kier molecular flexibility index (Phi) is 7.32. The molecule has 2 fully saturated rings. The number of nitrogens with zero attached hydrogens (tertiary/aromatic N) is 6. The van der Waals surface area contributed by atoms with Crippen LogP contribution in [0, 0.1) is 12.8 Å². The molecule has 0 aliphatic carbocycles. The van der Waals surface area contributed by atoms with Crippen molar-refractivity contribution in [2.24, 2.45) is 10.9 Å². The van der Waals surface area contributed by atoms with Crippen LogP contribution in [0.2, 0.25) is 5.02 Å². The van der Waals surface area contributed by atoms with Gasteiger partial charge in [-0.3, -0.25) is 9.52 Å². The van der Waals surface area contributed by atoms with Crippen molar-refractivity contribution in [3.05, 3.63) is 52.3 Å². The predicted octanol–water partition coefficient (Wildman–Crippen LogP) is 3.96. The van der Waals surface area contributed by atoms with Gasteiger partial charge in [0, 0.05) is 49.0 Å². The van der Waals surface area contributed by atoms with E-state index in [9.17, 15) is 13.2 Å². The van der Waals surface area contributed by atoms with Crippen molar-refractivity contribution in [3.8, 4) is 0 Å². The fraction of sp³-hybridized carbons (Fsp3) is 0.462. The van der Waals surface area contributed by atoms with Gasteiger partial charge in [0.25, 0.3) is 5.91 Å². The van der Waals surface area contributed by atoms with Crippen LogP contribution >= 0.6 is 11.6 Å². The Morgan fingerprint density at radius 1 is 1.24 bits per heavy atom. The highest BCUT2D eigenvalue weighted by molar-refractivity contribution is 7.92. The largest absolute Gasteiger partial charge is 0.356 e. The monoisotopic (exact) mass is 557 g/mol. The van der Waals surface area contributed by atoms with Crippen molar-refractivity contribution < 1.29 is 13.2 Å². The lowest BCUT2D eigenvalue weighted by Gasteiger charge is -2.35. The van der Waals surface area contributed by atoms with Gasteiger partial charge in [-0.2, -0.15) is 5.10 Å². The van der Waals surface area contributed by atoms with E-state index in [1.165, 1.54) is 12.1 Å². The zero-order chi connectivity index (χ0) is 27.0. The number of hydrogen-bond acceptors (Lipinski definition) is 7. The third-order valence-corrected chi connectivity index (χ3v) is 8.03. The fourth-order valence-electron chi connectivity index (χ4n) is 5.48. The Balaban J connectivity index is 1.46. The lowest BCUT2D eigenvalue weighted by Crippen LogP contribution is -2.39. The second-order valence-corrected chi connectivity index (χ2v) is 12.4. The van der Waals surface area contributed by atoms with Crippen LogP contribution in [0.5, 0.6) is 0 Å². The summed E-state index contributed by atoms with van der Waals surface area (Å²) in [6, 6.07) is 6.27. The number of aromatic nitrogens is 3. The Labute approximate surface area is 227 Å². The van der Waals surface area contributed by atoms with Crippen molar-refractivity contribution in [1.29, 1.82) is 0 Å². The predicted molar refractivity (Wildman–Crippen MR) is 150 cm³/mol. The summed E-state index contributed by atoms with van der Waals surface area (Å²) >= 11 is 6.20. The average molecular weight is 558 g/mol. The average Bonchev–Trinajstić information content (AvgIpc) is 3.50. The van der Waals surface area contributed by atoms with Gasteiger partial charge in [-0.05, 0) is 63.4 Å². The fourth-order valence-corrected chi connectivity index (χ4v) is 6.23. The smallest absolute Gasteiger partial charge is 0.256 e. The maximum absolute atomic E-state index is 13.8. The van der Waals surface area contributed by atoms with Gasteiger partial charge in [0.1, 0.15) is 5.82 Å². The van der Waals surface area contributed by atoms with E-state index in [-0.39, 0.29) is 23.2 Å². The number of carbonyl (C=O) groups excluding carboxylic acids is 1. The number of nitrogens with one attached hydrogen (secondary N) is 1. The summed E-state index contributed by atoms with van der Waals surface area (Å²) in [5, 5.41) is 5.17. The van der Waals surface area contributed by atoms with Crippen LogP contribution in [0.3, 0.4) is 0 Å². The van der Waals surface area contributed by atoms with Gasteiger partial charge in [0.2, 0.25) is 10.0 Å². The molecular formula is C26H32ClN7O3S. The first-order valence-corrected chi connectivity index (χ1v) is 15.0. The molecule has 4 heterocycles. The molecule has 1 aromatic carbocycles. The van der Waals surface area contributed by atoms with Crippen molar-refractivity contribution in [1.82, 2.24) is 19.5 Å². The molecule has 3 aromatic rings. The molecule has 0 radical (unpaired) electrons. The Hall–Kier alpha value is -3.18. The zero-order valence-corrected chi connectivity index (χ0v) is 23.2. The SMILES string of the molecule is C=NC[C@H]1CCN(c2nc3cc([C@@H]4CCCCN4C(=O)c4cc(Cl)ccc4NS(C)(=O)=O)nn3cc2C)C1. The summed E-state index contributed by atoms with van der Waals surface area (Å²) in [4.78, 5) is 26.9. The number of anilines is 2. The van der Waals surface area contributed by atoms with Gasteiger partial charge in [-0.15, -0.1) is 0 Å². The minimum Gasteiger partial charge on any atom is -0.356 e. The van der Waals surface area contributed by atoms with E-state index in [1.807, 2.05) is 19.2 Å². The molecule has 10 nitrogen and oxygen atoms in total. The molecule has 2 saturated heterocycles. The van der Waals surface area contributed by atoms with Crippen LogP contribution in [0.15, 0.2) is 35.5 Å². The van der Waals surface area contributed by atoms with Gasteiger partial charge in [-0.1, -0.05) is 11.6 Å². The molecule has 5 rings (SSSR count). The molecule has 0 bridgehead atoms. The van der Waals surface area contributed by atoms with Crippen LogP contribution in [-0.4, -0.2) is 73.0 Å². The number of aliphatic imine (C=N–C) groups is 1. The van der Waals surface area contributed by atoms with Crippen LogP contribution in [0.4, 0.5) is 11.5 Å². The van der Waals surface area contributed by atoms with Crippen LogP contribution in [0.25, 0.3) is 5.65 Å². The number of carbonyl (C=O) groups is 1. The lowest BCUT2D eigenvalue weighted by molar-refractivity contribution is 0.0607. The molecule has 0 saturated carbocycles. The highest BCUT2D eigenvalue weighted by atomic mass is 35.5. The first-order valence-electron chi connectivity index (χ1n) is 12.8. The number of aryl methyl sites for hydroxylation is 1. The molecule has 2 aliphatic heterocycles. The highest BCUT2D eigenvalue weighted by Gasteiger charge is 2.32. The Bertz CT molecular complexity index is 1490. The lowest BCUT2D eigenvalue weighted by atomic mass is 9.98. The molecule has 2 aromatic heterocycles. The van der Waals surface area contributed by atoms with Gasteiger partial charge < -0.3 is 14.8 Å². The van der Waals surface area contributed by atoms with Gasteiger partial charge in [-0.25, -0.2) is 17.9 Å². The second kappa shape index (κ2) is 10.5. The second-order valence-electron chi connectivity index (χ2n) is 10.2. The van der Waals surface area contributed by atoms with E-state index in [1.54, 1.807) is 15.5 Å². The summed E-state index contributed by atoms with van der Waals surface area (Å²) < 4.78 is 28.1. The number of hydrogen-bond donors (Lipinski definition) is 1. The van der Waals surface area contributed by atoms with Crippen molar-refractivity contribution in [3.63, 3.8) is 0 Å². The molecule has 2 aliphatic rings. The third-order valence-electron chi connectivity index (χ3n) is 7.21. The topological polar surface area (TPSA) is 112 Å². The summed E-state index contributed by atoms with van der Waals surface area (Å²) in [6.45, 7) is 8.79. The Morgan fingerprint density at radius 3 is 2.82 bits per heavy atom. The molecule has 202 valence electrons. The van der Waals surface area contributed by atoms with E-state index in [4.69, 9.17) is 21.7 Å². The summed E-state index contributed by atoms with van der Waals surface area (Å²) in [6.07, 6.45) is 6.66. The van der Waals surface area contributed by atoms with E-state index in [2.05, 4.69) is 21.3 Å². The van der Waals surface area contributed by atoms with Crippen LogP contribution in [0.1, 0.15) is 53.3 Å². The number of benzene rings is 1. The summed E-state index contributed by atoms with van der Waals surface area (Å²) in [5.74, 6) is 1.15. The minimum absolute atomic E-state index is 0.207. The molecule has 1 amide bonds. The quantitative estimate of drug-likeness (QED) is 0.440. The van der Waals surface area contributed by atoms with Crippen LogP contribution < -0.4 is 9.62 Å². The zero-order valence-electron chi connectivity index (χ0n) is 21.6. The maximum Gasteiger partial charge on any atom is 0.256 e. The number of fused-ring (bicyclic) bond motifs is 1. The molecule has 1 N–H and O–H groups in total. The Morgan fingerprint density at radius 2 is 2.05 bits per heavy atom. The summed E-state index contributed by atoms with van der Waals surface area (Å²) in [5.41, 5.74) is 2.94. The van der Waals surface area contributed by atoms with Crippen LogP contribution in [-0.2, 0) is 10.0 Å². The van der Waals surface area contributed by atoms with E-state index in [0.717, 1.165) is 74.3 Å². The molecule has 2 atom stereocenters. The van der Waals surface area contributed by atoms with Gasteiger partial charge in [0.15, 0.2) is 5.65 Å². The first-order chi connectivity index (χ1) is 18.1.